The maximum absolute atomic E-state index is 6.13. The van der Waals surface area contributed by atoms with E-state index in [1.54, 1.807) is 0 Å². The SMILES string of the molecule is c1ccc(-c2cc(-c3ccc(-c4c(-c5ccccc5)c(-c5ccccc5)nc(-n5c6ccccc6c6c7ccccc7ccc65)c4-n4c5ccccc5c5c6ccccc6ccc54)cc3)nc(-c3ccccc3)n2)cc1. The first-order chi connectivity index (χ1) is 37.7. The van der Waals surface area contributed by atoms with Crippen LogP contribution in [0, 0.1) is 0 Å². The first kappa shape index (κ1) is 43.4. The molecule has 0 aliphatic rings. The molecule has 0 saturated carbocycles. The Kier molecular flexibility index (Phi) is 10.1. The second-order valence-electron chi connectivity index (χ2n) is 19.5. The van der Waals surface area contributed by atoms with Crippen LogP contribution in [0.1, 0.15) is 0 Å². The fourth-order valence-corrected chi connectivity index (χ4v) is 11.7. The Bertz CT molecular complexity index is 4660. The summed E-state index contributed by atoms with van der Waals surface area (Å²) in [5.41, 5.74) is 16.1. The summed E-state index contributed by atoms with van der Waals surface area (Å²) in [6.07, 6.45) is 0. The van der Waals surface area contributed by atoms with Gasteiger partial charge in [0.05, 0.1) is 44.8 Å². The lowest BCUT2D eigenvalue weighted by Gasteiger charge is -2.25. The highest BCUT2D eigenvalue weighted by atomic mass is 15.1. The molecule has 0 radical (unpaired) electrons. The van der Waals surface area contributed by atoms with Gasteiger partial charge >= 0.3 is 0 Å². The fourth-order valence-electron chi connectivity index (χ4n) is 11.7. The number of fused-ring (bicyclic) bond motifs is 10. The van der Waals surface area contributed by atoms with E-state index >= 15 is 0 Å². The number of nitrogens with zero attached hydrogens (tertiary/aromatic N) is 5. The number of hydrogen-bond acceptors (Lipinski definition) is 3. The van der Waals surface area contributed by atoms with Crippen LogP contribution in [-0.4, -0.2) is 24.1 Å². The van der Waals surface area contributed by atoms with E-state index in [1.165, 1.54) is 43.1 Å². The summed E-state index contributed by atoms with van der Waals surface area (Å²) in [7, 11) is 0. The average Bonchev–Trinajstić information content (AvgIpc) is 4.03. The quantitative estimate of drug-likeness (QED) is 0.152. The Labute approximate surface area is 438 Å². The maximum Gasteiger partial charge on any atom is 0.163 e. The molecule has 0 N–H and O–H groups in total. The third-order valence-corrected chi connectivity index (χ3v) is 15.1. The van der Waals surface area contributed by atoms with Crippen molar-refractivity contribution in [3.63, 3.8) is 0 Å². The van der Waals surface area contributed by atoms with Gasteiger partial charge in [0.15, 0.2) is 11.6 Å². The largest absolute Gasteiger partial charge is 0.305 e. The molecule has 15 aromatic rings. The van der Waals surface area contributed by atoms with E-state index in [4.69, 9.17) is 15.0 Å². The molecule has 5 heteroatoms. The van der Waals surface area contributed by atoms with Crippen molar-refractivity contribution in [1.82, 2.24) is 24.1 Å². The summed E-state index contributed by atoms with van der Waals surface area (Å²) >= 11 is 0. The molecule has 4 aromatic heterocycles. The highest BCUT2D eigenvalue weighted by Gasteiger charge is 2.30. The van der Waals surface area contributed by atoms with E-state index in [-0.39, 0.29) is 0 Å². The predicted octanol–water partition coefficient (Wildman–Crippen LogP) is 18.4. The van der Waals surface area contributed by atoms with Crippen LogP contribution in [0.4, 0.5) is 0 Å². The second-order valence-corrected chi connectivity index (χ2v) is 19.5. The van der Waals surface area contributed by atoms with Crippen LogP contribution in [0.5, 0.6) is 0 Å². The topological polar surface area (TPSA) is 48.5 Å². The third-order valence-electron chi connectivity index (χ3n) is 15.1. The first-order valence-corrected chi connectivity index (χ1v) is 25.9. The highest BCUT2D eigenvalue weighted by molar-refractivity contribution is 6.23. The van der Waals surface area contributed by atoms with Crippen molar-refractivity contribution >= 4 is 65.2 Å². The third kappa shape index (κ3) is 6.98. The molecule has 0 aliphatic carbocycles. The van der Waals surface area contributed by atoms with Crippen LogP contribution >= 0.6 is 0 Å². The van der Waals surface area contributed by atoms with Crippen LogP contribution in [0.15, 0.2) is 273 Å². The number of benzene rings is 11. The Morgan fingerprint density at radius 1 is 0.263 bits per heavy atom. The highest BCUT2D eigenvalue weighted by Crippen LogP contribution is 2.50. The monoisotopic (exact) mass is 967 g/mol. The Hall–Kier alpha value is -10.2. The van der Waals surface area contributed by atoms with Gasteiger partial charge in [-0.3, -0.25) is 4.57 Å². The van der Waals surface area contributed by atoms with Crippen LogP contribution in [0.3, 0.4) is 0 Å². The smallest absolute Gasteiger partial charge is 0.163 e. The molecule has 76 heavy (non-hydrogen) atoms. The van der Waals surface area contributed by atoms with Crippen molar-refractivity contribution in [2.75, 3.05) is 0 Å². The molecular weight excluding hydrogens is 923 g/mol. The van der Waals surface area contributed by atoms with Crippen LogP contribution in [-0.2, 0) is 0 Å². The van der Waals surface area contributed by atoms with Gasteiger partial charge in [0.2, 0.25) is 0 Å². The molecule has 15 rings (SSSR count). The molecular formula is C71H45N5. The minimum absolute atomic E-state index is 0.679. The molecule has 11 aromatic carbocycles. The molecule has 0 atom stereocenters. The molecule has 5 nitrogen and oxygen atoms in total. The van der Waals surface area contributed by atoms with Gasteiger partial charge in [-0.05, 0) is 63.0 Å². The number of hydrogen-bond donors (Lipinski definition) is 0. The molecule has 0 amide bonds. The summed E-state index contributed by atoms with van der Waals surface area (Å²) in [5, 5.41) is 9.55. The first-order valence-electron chi connectivity index (χ1n) is 25.9. The van der Waals surface area contributed by atoms with Gasteiger partial charge in [-0.15, -0.1) is 0 Å². The van der Waals surface area contributed by atoms with Gasteiger partial charge in [0.25, 0.3) is 0 Å². The van der Waals surface area contributed by atoms with E-state index in [0.29, 0.717) is 5.82 Å². The van der Waals surface area contributed by atoms with Crippen LogP contribution < -0.4 is 0 Å². The van der Waals surface area contributed by atoms with Crippen LogP contribution in [0.2, 0.25) is 0 Å². The van der Waals surface area contributed by atoms with Crippen molar-refractivity contribution in [3.8, 4) is 78.9 Å². The summed E-state index contributed by atoms with van der Waals surface area (Å²) < 4.78 is 4.94. The summed E-state index contributed by atoms with van der Waals surface area (Å²) in [6.45, 7) is 0. The normalized spacial score (nSPS) is 11.7. The van der Waals surface area contributed by atoms with Crippen molar-refractivity contribution in [2.24, 2.45) is 0 Å². The van der Waals surface area contributed by atoms with Crippen molar-refractivity contribution < 1.29 is 0 Å². The van der Waals surface area contributed by atoms with Gasteiger partial charge in [0.1, 0.15) is 0 Å². The molecule has 0 saturated heterocycles. The van der Waals surface area contributed by atoms with Gasteiger partial charge in [-0.25, -0.2) is 15.0 Å². The summed E-state index contributed by atoms with van der Waals surface area (Å²) in [6, 6.07) is 97.7. The zero-order chi connectivity index (χ0) is 50.1. The molecule has 4 heterocycles. The molecule has 0 spiro atoms. The zero-order valence-electron chi connectivity index (χ0n) is 41.2. The fraction of sp³-hybridized carbons (Fsp3) is 0. The summed E-state index contributed by atoms with van der Waals surface area (Å²) in [5.74, 6) is 1.50. The zero-order valence-corrected chi connectivity index (χ0v) is 41.2. The Morgan fingerprint density at radius 2 is 0.671 bits per heavy atom. The van der Waals surface area contributed by atoms with E-state index in [1.807, 2.05) is 24.3 Å². The molecule has 0 bridgehead atoms. The van der Waals surface area contributed by atoms with Gasteiger partial charge in [0, 0.05) is 54.9 Å². The minimum atomic E-state index is 0.679. The lowest BCUT2D eigenvalue weighted by Crippen LogP contribution is -2.11. The van der Waals surface area contributed by atoms with E-state index in [2.05, 4.69) is 258 Å². The molecule has 354 valence electrons. The average molecular weight is 968 g/mol. The number of pyridine rings is 1. The minimum Gasteiger partial charge on any atom is -0.305 e. The lowest BCUT2D eigenvalue weighted by atomic mass is 9.88. The predicted molar refractivity (Wildman–Crippen MR) is 316 cm³/mol. The Balaban J connectivity index is 1.11. The number of rotatable bonds is 8. The molecule has 0 unspecified atom stereocenters. The summed E-state index contributed by atoms with van der Waals surface area (Å²) in [4.78, 5) is 16.5. The lowest BCUT2D eigenvalue weighted by molar-refractivity contribution is 1.03. The Morgan fingerprint density at radius 3 is 1.24 bits per heavy atom. The van der Waals surface area contributed by atoms with Gasteiger partial charge in [-0.2, -0.15) is 0 Å². The van der Waals surface area contributed by atoms with E-state index in [9.17, 15) is 0 Å². The van der Waals surface area contributed by atoms with E-state index < -0.39 is 0 Å². The number of para-hydroxylation sites is 2. The number of aromatic nitrogens is 5. The van der Waals surface area contributed by atoms with Gasteiger partial charge < -0.3 is 4.57 Å². The standard InChI is InChI=1S/C71H45N5/c1-5-23-48(24-6-1)58-45-59(73-70(72-58)53-29-11-4-12-30-53)49-37-39-51(40-38-49)65-64(50-25-7-2-8-26-50)68(52-27-9-3-10-28-52)74-71(76-61-36-20-18-34-57(61)67-55-32-16-14-22-47(55)42-44-63(67)76)69(65)75-60-35-19-17-33-56(60)66-54-31-15-13-21-46(54)41-43-62(66)75/h1-45H. The molecule has 0 aliphatic heterocycles. The van der Waals surface area contributed by atoms with Crippen molar-refractivity contribution in [3.05, 3.63) is 273 Å². The van der Waals surface area contributed by atoms with E-state index in [0.717, 1.165) is 95.2 Å². The van der Waals surface area contributed by atoms with Crippen molar-refractivity contribution in [1.29, 1.82) is 0 Å². The molecule has 0 fully saturated rings. The second kappa shape index (κ2) is 17.8. The van der Waals surface area contributed by atoms with Gasteiger partial charge in [-0.1, -0.05) is 243 Å². The maximum atomic E-state index is 6.13. The van der Waals surface area contributed by atoms with Crippen molar-refractivity contribution in [2.45, 2.75) is 0 Å². The van der Waals surface area contributed by atoms with Crippen LogP contribution in [0.25, 0.3) is 144 Å².